The summed E-state index contributed by atoms with van der Waals surface area (Å²) in [5, 5.41) is 0. The number of Topliss-reactive ketones (excluding diaryl/α,β-unsaturated/α-hetero) is 1. The molecule has 0 atom stereocenters. The standard InChI is InChI=1S/C6H12O3.C4H6O3/c1-3-9-5-4-6(7)8-2;1-3(5)4(6)7-2/h3-5H2,1-2H3;1-2H3. The predicted octanol–water partition coefficient (Wildman–Crippen LogP) is 0.334. The lowest BCUT2D eigenvalue weighted by atomic mass is 10.5. The number of hydrogen-bond acceptors (Lipinski definition) is 6. The van der Waals surface area contributed by atoms with Gasteiger partial charge in [0, 0.05) is 13.5 Å². The zero-order valence-corrected chi connectivity index (χ0v) is 10.1. The summed E-state index contributed by atoms with van der Waals surface area (Å²) in [5.41, 5.74) is 0. The first-order valence-corrected chi connectivity index (χ1v) is 4.73. The van der Waals surface area contributed by atoms with Crippen molar-refractivity contribution >= 4 is 17.7 Å². The average Bonchev–Trinajstić information content (AvgIpc) is 2.28. The molecule has 0 aromatic rings. The van der Waals surface area contributed by atoms with Gasteiger partial charge in [-0.05, 0) is 6.92 Å². The van der Waals surface area contributed by atoms with Crippen molar-refractivity contribution < 1.29 is 28.6 Å². The molecule has 94 valence electrons. The van der Waals surface area contributed by atoms with Gasteiger partial charge in [0.25, 0.3) is 0 Å². The highest BCUT2D eigenvalue weighted by Crippen LogP contribution is 1.84. The van der Waals surface area contributed by atoms with Crippen LogP contribution >= 0.6 is 0 Å². The predicted molar refractivity (Wildman–Crippen MR) is 55.8 cm³/mol. The van der Waals surface area contributed by atoms with E-state index in [9.17, 15) is 14.4 Å². The van der Waals surface area contributed by atoms with E-state index in [1.54, 1.807) is 0 Å². The summed E-state index contributed by atoms with van der Waals surface area (Å²) in [7, 11) is 2.54. The Morgan fingerprint density at radius 3 is 1.88 bits per heavy atom. The second-order valence-corrected chi connectivity index (χ2v) is 2.57. The van der Waals surface area contributed by atoms with Crippen LogP contribution in [0.5, 0.6) is 0 Å². The Hall–Kier alpha value is -1.43. The van der Waals surface area contributed by atoms with Crippen LogP contribution < -0.4 is 0 Å². The van der Waals surface area contributed by atoms with Gasteiger partial charge < -0.3 is 14.2 Å². The molecular weight excluding hydrogens is 216 g/mol. The quantitative estimate of drug-likeness (QED) is 0.387. The number of ketones is 1. The minimum atomic E-state index is -0.792. The molecule has 0 aliphatic carbocycles. The molecule has 0 unspecified atom stereocenters. The minimum Gasteiger partial charge on any atom is -0.469 e. The molecule has 0 fully saturated rings. The lowest BCUT2D eigenvalue weighted by Crippen LogP contribution is -2.10. The van der Waals surface area contributed by atoms with Crippen LogP contribution in [0.4, 0.5) is 0 Å². The monoisotopic (exact) mass is 234 g/mol. The summed E-state index contributed by atoms with van der Waals surface area (Å²) in [6.45, 7) is 4.16. The zero-order valence-electron chi connectivity index (χ0n) is 10.1. The third-order valence-corrected chi connectivity index (χ3v) is 1.36. The van der Waals surface area contributed by atoms with Gasteiger partial charge in [0.1, 0.15) is 0 Å². The second-order valence-electron chi connectivity index (χ2n) is 2.57. The van der Waals surface area contributed by atoms with Crippen molar-refractivity contribution in [2.24, 2.45) is 0 Å². The molecule has 0 rings (SSSR count). The summed E-state index contributed by atoms with van der Waals surface area (Å²) < 4.78 is 13.3. The molecule has 0 aliphatic rings. The zero-order chi connectivity index (χ0) is 13.0. The van der Waals surface area contributed by atoms with Crippen molar-refractivity contribution in [2.75, 3.05) is 27.4 Å². The first kappa shape index (κ1) is 17.0. The van der Waals surface area contributed by atoms with Gasteiger partial charge in [-0.25, -0.2) is 4.79 Å². The van der Waals surface area contributed by atoms with Gasteiger partial charge in [-0.3, -0.25) is 9.59 Å². The van der Waals surface area contributed by atoms with Gasteiger partial charge in [-0.15, -0.1) is 0 Å². The number of carbonyl (C=O) groups is 3. The van der Waals surface area contributed by atoms with Crippen LogP contribution in [0.1, 0.15) is 20.3 Å². The Morgan fingerprint density at radius 2 is 1.62 bits per heavy atom. The fourth-order valence-corrected chi connectivity index (χ4v) is 0.546. The molecule has 0 spiro atoms. The number of esters is 2. The Balaban J connectivity index is 0. The Morgan fingerprint density at radius 1 is 1.06 bits per heavy atom. The molecule has 0 bridgehead atoms. The van der Waals surface area contributed by atoms with Gasteiger partial charge in [0.15, 0.2) is 0 Å². The summed E-state index contributed by atoms with van der Waals surface area (Å²) in [5.74, 6) is -1.58. The largest absolute Gasteiger partial charge is 0.469 e. The Labute approximate surface area is 94.9 Å². The van der Waals surface area contributed by atoms with Crippen molar-refractivity contribution in [3.05, 3.63) is 0 Å². The van der Waals surface area contributed by atoms with Crippen LogP contribution in [-0.2, 0) is 28.6 Å². The van der Waals surface area contributed by atoms with E-state index in [4.69, 9.17) is 4.74 Å². The maximum Gasteiger partial charge on any atom is 0.374 e. The molecule has 0 heterocycles. The molecule has 0 radical (unpaired) electrons. The molecule has 0 amide bonds. The Kier molecular flexibility index (Phi) is 12.4. The topological polar surface area (TPSA) is 78.9 Å². The highest BCUT2D eigenvalue weighted by molar-refractivity contribution is 6.32. The lowest BCUT2D eigenvalue weighted by molar-refractivity contribution is -0.150. The molecule has 0 N–H and O–H groups in total. The summed E-state index contributed by atoms with van der Waals surface area (Å²) in [6.07, 6.45) is 0.352. The van der Waals surface area contributed by atoms with E-state index in [1.165, 1.54) is 14.2 Å². The smallest absolute Gasteiger partial charge is 0.374 e. The van der Waals surface area contributed by atoms with Gasteiger partial charge in [-0.2, -0.15) is 0 Å². The average molecular weight is 234 g/mol. The molecular formula is C10H18O6. The van der Waals surface area contributed by atoms with Crippen LogP contribution in [0.2, 0.25) is 0 Å². The van der Waals surface area contributed by atoms with E-state index in [1.807, 2.05) is 6.92 Å². The van der Waals surface area contributed by atoms with Crippen LogP contribution in [0.3, 0.4) is 0 Å². The van der Waals surface area contributed by atoms with Gasteiger partial charge in [0.2, 0.25) is 5.78 Å². The van der Waals surface area contributed by atoms with Crippen LogP contribution in [0.15, 0.2) is 0 Å². The molecule has 6 heteroatoms. The van der Waals surface area contributed by atoms with Crippen molar-refractivity contribution in [2.45, 2.75) is 20.3 Å². The molecule has 0 aromatic carbocycles. The van der Waals surface area contributed by atoms with Crippen molar-refractivity contribution in [3.63, 3.8) is 0 Å². The number of carbonyl (C=O) groups excluding carboxylic acids is 3. The summed E-state index contributed by atoms with van der Waals surface area (Å²) in [6, 6.07) is 0. The van der Waals surface area contributed by atoms with E-state index in [-0.39, 0.29) is 5.97 Å². The third-order valence-electron chi connectivity index (χ3n) is 1.36. The maximum atomic E-state index is 10.4. The number of methoxy groups -OCH3 is 2. The maximum absolute atomic E-state index is 10.4. The summed E-state index contributed by atoms with van der Waals surface area (Å²) >= 11 is 0. The van der Waals surface area contributed by atoms with Crippen LogP contribution in [0, 0.1) is 0 Å². The first-order valence-electron chi connectivity index (χ1n) is 4.73. The number of hydrogen-bond donors (Lipinski definition) is 0. The van der Waals surface area contributed by atoms with E-state index in [0.717, 1.165) is 6.92 Å². The SMILES string of the molecule is CCOCCC(=O)OC.COC(=O)C(C)=O. The summed E-state index contributed by atoms with van der Waals surface area (Å²) in [4.78, 5) is 30.2. The highest BCUT2D eigenvalue weighted by atomic mass is 16.5. The molecule has 0 aliphatic heterocycles. The number of ether oxygens (including phenoxy) is 3. The minimum absolute atomic E-state index is 0.219. The molecule has 6 nitrogen and oxygen atoms in total. The number of rotatable bonds is 5. The van der Waals surface area contributed by atoms with Crippen molar-refractivity contribution in [3.8, 4) is 0 Å². The van der Waals surface area contributed by atoms with Crippen LogP contribution in [0.25, 0.3) is 0 Å². The normalized spacial score (nSPS) is 8.50. The van der Waals surface area contributed by atoms with Gasteiger partial charge in [0.05, 0.1) is 27.2 Å². The van der Waals surface area contributed by atoms with Crippen molar-refractivity contribution in [1.82, 2.24) is 0 Å². The van der Waals surface area contributed by atoms with E-state index < -0.39 is 11.8 Å². The molecule has 0 saturated carbocycles. The third kappa shape index (κ3) is 12.6. The second kappa shape index (κ2) is 11.6. The van der Waals surface area contributed by atoms with E-state index in [0.29, 0.717) is 19.6 Å². The first-order chi connectivity index (χ1) is 7.49. The fourth-order valence-electron chi connectivity index (χ4n) is 0.546. The van der Waals surface area contributed by atoms with Crippen LogP contribution in [-0.4, -0.2) is 45.2 Å². The molecule has 0 aromatic heterocycles. The van der Waals surface area contributed by atoms with Gasteiger partial charge in [-0.1, -0.05) is 0 Å². The Bertz CT molecular complexity index is 223. The van der Waals surface area contributed by atoms with Gasteiger partial charge >= 0.3 is 11.9 Å². The molecule has 16 heavy (non-hydrogen) atoms. The lowest BCUT2D eigenvalue weighted by Gasteiger charge is -1.97. The highest BCUT2D eigenvalue weighted by Gasteiger charge is 2.03. The van der Waals surface area contributed by atoms with E-state index >= 15 is 0 Å². The molecule has 0 saturated heterocycles. The van der Waals surface area contributed by atoms with E-state index in [2.05, 4.69) is 9.47 Å². The fraction of sp³-hybridized carbons (Fsp3) is 0.700. The van der Waals surface area contributed by atoms with Crippen molar-refractivity contribution in [1.29, 1.82) is 0 Å².